The van der Waals surface area contributed by atoms with E-state index in [1.807, 2.05) is 25.1 Å². The highest BCUT2D eigenvalue weighted by Crippen LogP contribution is 2.21. The van der Waals surface area contributed by atoms with Crippen LogP contribution in [0.5, 0.6) is 0 Å². The maximum Gasteiger partial charge on any atom is 0.253 e. The Morgan fingerprint density at radius 3 is 2.89 bits per heavy atom. The molecule has 0 aliphatic rings. The maximum atomic E-state index is 12.1. The SMILES string of the molecule is C=CCCOC(C)C(=O)Nc1c(C)cccc1CC. The number of ether oxygens (including phenoxy) is 1. The van der Waals surface area contributed by atoms with Crippen LogP contribution in [0.4, 0.5) is 5.69 Å². The van der Waals surface area contributed by atoms with Crippen LogP contribution in [0, 0.1) is 6.92 Å². The molecule has 1 atom stereocenters. The molecule has 0 saturated carbocycles. The minimum atomic E-state index is -0.454. The Kier molecular flexibility index (Phi) is 6.30. The van der Waals surface area contributed by atoms with Gasteiger partial charge < -0.3 is 10.1 Å². The molecule has 0 aliphatic carbocycles. The van der Waals surface area contributed by atoms with Crippen LogP contribution in [0.1, 0.15) is 31.4 Å². The van der Waals surface area contributed by atoms with Crippen LogP contribution in [-0.2, 0) is 16.0 Å². The average Bonchev–Trinajstić information content (AvgIpc) is 2.41. The van der Waals surface area contributed by atoms with E-state index in [4.69, 9.17) is 4.74 Å². The fourth-order valence-electron chi connectivity index (χ4n) is 1.83. The Hall–Kier alpha value is -1.61. The van der Waals surface area contributed by atoms with Crippen LogP contribution < -0.4 is 5.32 Å². The fraction of sp³-hybridized carbons (Fsp3) is 0.438. The molecule has 0 fully saturated rings. The number of carbonyl (C=O) groups excluding carboxylic acids is 1. The highest BCUT2D eigenvalue weighted by Gasteiger charge is 2.15. The second-order valence-corrected chi connectivity index (χ2v) is 4.54. The first-order chi connectivity index (χ1) is 9.10. The van der Waals surface area contributed by atoms with E-state index >= 15 is 0 Å². The van der Waals surface area contributed by atoms with Crippen molar-refractivity contribution in [2.75, 3.05) is 11.9 Å². The van der Waals surface area contributed by atoms with Gasteiger partial charge in [-0.2, -0.15) is 0 Å². The summed E-state index contributed by atoms with van der Waals surface area (Å²) in [5.41, 5.74) is 3.13. The monoisotopic (exact) mass is 261 g/mol. The van der Waals surface area contributed by atoms with Crippen LogP contribution in [0.25, 0.3) is 0 Å². The number of hydrogen-bond donors (Lipinski definition) is 1. The number of carbonyl (C=O) groups is 1. The third-order valence-corrected chi connectivity index (χ3v) is 3.05. The van der Waals surface area contributed by atoms with Gasteiger partial charge in [0.15, 0.2) is 0 Å². The van der Waals surface area contributed by atoms with E-state index in [0.29, 0.717) is 6.61 Å². The number of para-hydroxylation sites is 1. The van der Waals surface area contributed by atoms with Gasteiger partial charge in [0.2, 0.25) is 0 Å². The minimum absolute atomic E-state index is 0.104. The van der Waals surface area contributed by atoms with E-state index in [1.54, 1.807) is 13.0 Å². The number of amides is 1. The molecule has 19 heavy (non-hydrogen) atoms. The lowest BCUT2D eigenvalue weighted by Crippen LogP contribution is -2.28. The second kappa shape index (κ2) is 7.74. The smallest absolute Gasteiger partial charge is 0.253 e. The van der Waals surface area contributed by atoms with Gasteiger partial charge in [-0.1, -0.05) is 31.2 Å². The lowest BCUT2D eigenvalue weighted by molar-refractivity contribution is -0.126. The first-order valence-electron chi connectivity index (χ1n) is 6.72. The highest BCUT2D eigenvalue weighted by atomic mass is 16.5. The zero-order valence-corrected chi connectivity index (χ0v) is 12.0. The summed E-state index contributed by atoms with van der Waals surface area (Å²) in [6.07, 6.45) is 2.97. The molecule has 1 rings (SSSR count). The van der Waals surface area contributed by atoms with Crippen molar-refractivity contribution >= 4 is 11.6 Å². The van der Waals surface area contributed by atoms with Crippen molar-refractivity contribution in [3.63, 3.8) is 0 Å². The molecule has 1 unspecified atom stereocenters. The molecule has 3 nitrogen and oxygen atoms in total. The molecule has 104 valence electrons. The van der Waals surface area contributed by atoms with Crippen molar-refractivity contribution in [3.8, 4) is 0 Å². The van der Waals surface area contributed by atoms with E-state index in [9.17, 15) is 4.79 Å². The molecule has 0 aromatic heterocycles. The number of benzene rings is 1. The molecule has 0 aliphatic heterocycles. The summed E-state index contributed by atoms with van der Waals surface area (Å²) < 4.78 is 5.45. The highest BCUT2D eigenvalue weighted by molar-refractivity contribution is 5.95. The third kappa shape index (κ3) is 4.52. The molecule has 1 aromatic rings. The molecule has 0 bridgehead atoms. The van der Waals surface area contributed by atoms with Crippen LogP contribution in [0.3, 0.4) is 0 Å². The van der Waals surface area contributed by atoms with E-state index in [1.165, 1.54) is 0 Å². The molecule has 1 amide bonds. The molecule has 1 N–H and O–H groups in total. The van der Waals surface area contributed by atoms with Gasteiger partial charge in [0.05, 0.1) is 6.61 Å². The van der Waals surface area contributed by atoms with E-state index in [2.05, 4.69) is 18.8 Å². The first kappa shape index (κ1) is 15.4. The van der Waals surface area contributed by atoms with Crippen LogP contribution in [0.2, 0.25) is 0 Å². The van der Waals surface area contributed by atoms with Gasteiger partial charge in [0, 0.05) is 5.69 Å². The Morgan fingerprint density at radius 2 is 2.26 bits per heavy atom. The van der Waals surface area contributed by atoms with Gasteiger partial charge in [0.25, 0.3) is 5.91 Å². The Balaban J connectivity index is 2.68. The summed E-state index contributed by atoms with van der Waals surface area (Å²) >= 11 is 0. The molecule has 1 aromatic carbocycles. The lowest BCUT2D eigenvalue weighted by atomic mass is 10.1. The first-order valence-corrected chi connectivity index (χ1v) is 6.72. The molecule has 0 saturated heterocycles. The van der Waals surface area contributed by atoms with Gasteiger partial charge >= 0.3 is 0 Å². The largest absolute Gasteiger partial charge is 0.368 e. The standard InChI is InChI=1S/C16H23NO2/c1-5-7-11-19-13(4)16(18)17-15-12(3)9-8-10-14(15)6-2/h5,8-10,13H,1,6-7,11H2,2-4H3,(H,17,18). The van der Waals surface area contributed by atoms with Gasteiger partial charge in [-0.25, -0.2) is 0 Å². The van der Waals surface area contributed by atoms with Crippen molar-refractivity contribution in [3.05, 3.63) is 42.0 Å². The predicted octanol–water partition coefficient (Wildman–Crippen LogP) is 3.48. The summed E-state index contributed by atoms with van der Waals surface area (Å²) in [6, 6.07) is 6.04. The lowest BCUT2D eigenvalue weighted by Gasteiger charge is -2.16. The number of nitrogens with one attached hydrogen (secondary N) is 1. The third-order valence-electron chi connectivity index (χ3n) is 3.05. The summed E-state index contributed by atoms with van der Waals surface area (Å²) in [5.74, 6) is -0.104. The fourth-order valence-corrected chi connectivity index (χ4v) is 1.83. The van der Waals surface area contributed by atoms with Crippen LogP contribution >= 0.6 is 0 Å². The van der Waals surface area contributed by atoms with Crippen molar-refractivity contribution in [2.24, 2.45) is 0 Å². The van der Waals surface area contributed by atoms with Crippen molar-refractivity contribution < 1.29 is 9.53 Å². The van der Waals surface area contributed by atoms with Crippen molar-refractivity contribution in [1.82, 2.24) is 0 Å². The topological polar surface area (TPSA) is 38.3 Å². The quantitative estimate of drug-likeness (QED) is 0.603. The Morgan fingerprint density at radius 1 is 1.53 bits per heavy atom. The van der Waals surface area contributed by atoms with Crippen molar-refractivity contribution in [2.45, 2.75) is 39.7 Å². The molecule has 3 heteroatoms. The maximum absolute atomic E-state index is 12.1. The number of hydrogen-bond acceptors (Lipinski definition) is 2. The second-order valence-electron chi connectivity index (χ2n) is 4.54. The van der Waals surface area contributed by atoms with Crippen LogP contribution in [0.15, 0.2) is 30.9 Å². The minimum Gasteiger partial charge on any atom is -0.368 e. The predicted molar refractivity (Wildman–Crippen MR) is 79.4 cm³/mol. The summed E-state index contributed by atoms with van der Waals surface area (Å²) in [6.45, 7) is 9.99. The molecular weight excluding hydrogens is 238 g/mol. The van der Waals surface area contributed by atoms with E-state index in [0.717, 1.165) is 29.7 Å². The molecule has 0 heterocycles. The molecular formula is C16H23NO2. The van der Waals surface area contributed by atoms with Gasteiger partial charge in [0.1, 0.15) is 6.10 Å². The van der Waals surface area contributed by atoms with Gasteiger partial charge in [-0.05, 0) is 37.8 Å². The van der Waals surface area contributed by atoms with E-state index < -0.39 is 6.10 Å². The van der Waals surface area contributed by atoms with E-state index in [-0.39, 0.29) is 5.91 Å². The zero-order chi connectivity index (χ0) is 14.3. The van der Waals surface area contributed by atoms with Crippen LogP contribution in [-0.4, -0.2) is 18.6 Å². The number of anilines is 1. The van der Waals surface area contributed by atoms with Gasteiger partial charge in [-0.3, -0.25) is 4.79 Å². The molecule has 0 radical (unpaired) electrons. The summed E-state index contributed by atoms with van der Waals surface area (Å²) in [5, 5.41) is 2.97. The molecule has 0 spiro atoms. The Bertz CT molecular complexity index is 440. The number of rotatable bonds is 7. The summed E-state index contributed by atoms with van der Waals surface area (Å²) in [4.78, 5) is 12.1. The summed E-state index contributed by atoms with van der Waals surface area (Å²) in [7, 11) is 0. The normalized spacial score (nSPS) is 11.9. The zero-order valence-electron chi connectivity index (χ0n) is 12.0. The van der Waals surface area contributed by atoms with Gasteiger partial charge in [-0.15, -0.1) is 6.58 Å². The average molecular weight is 261 g/mol. The van der Waals surface area contributed by atoms with Crippen molar-refractivity contribution in [1.29, 1.82) is 0 Å². The Labute approximate surface area is 115 Å². The number of aryl methyl sites for hydroxylation is 2.